The maximum absolute atomic E-state index is 14.0. The van der Waals surface area contributed by atoms with Crippen molar-refractivity contribution in [3.8, 4) is 0 Å². The van der Waals surface area contributed by atoms with Crippen LogP contribution in [-0.4, -0.2) is 77.0 Å². The minimum Gasteiger partial charge on any atom is -0.379 e. The van der Waals surface area contributed by atoms with Gasteiger partial charge < -0.3 is 24.4 Å². The number of nitrogens with zero attached hydrogens (tertiary/aromatic N) is 6. The van der Waals surface area contributed by atoms with Crippen molar-refractivity contribution in [1.82, 2.24) is 24.2 Å². The van der Waals surface area contributed by atoms with Crippen molar-refractivity contribution in [2.75, 3.05) is 43.0 Å². The fourth-order valence-electron chi connectivity index (χ4n) is 4.96. The highest BCUT2D eigenvalue weighted by Crippen LogP contribution is 2.32. The molecule has 0 saturated carbocycles. The standard InChI is InChI=1S/C30H37F6N7O4Si/c1-20(39-23-16-38-43(19-47-13-14-48(2,3)4)28(46)26(23)30(34,35)36)17-42-18-21(5-8-25(42)44)27(45)41-11-9-40(10-12-41)24-7-6-22(15-37-24)29(31,32)33/h5-8,15-16,18,20,39H,9-14,17,19H2,1-4H3. The number of alkyl halides is 6. The van der Waals surface area contributed by atoms with Gasteiger partial charge in [-0.05, 0) is 31.2 Å². The minimum absolute atomic E-state index is 0.145. The van der Waals surface area contributed by atoms with Crippen molar-refractivity contribution in [3.63, 3.8) is 0 Å². The van der Waals surface area contributed by atoms with Crippen LogP contribution in [0.3, 0.4) is 0 Å². The minimum atomic E-state index is -5.00. The van der Waals surface area contributed by atoms with Gasteiger partial charge in [-0.1, -0.05) is 19.6 Å². The topological polar surface area (TPSA) is 115 Å². The van der Waals surface area contributed by atoms with Gasteiger partial charge in [-0.3, -0.25) is 14.4 Å². The first-order chi connectivity index (χ1) is 22.3. The van der Waals surface area contributed by atoms with Gasteiger partial charge in [-0.25, -0.2) is 9.67 Å². The van der Waals surface area contributed by atoms with E-state index in [2.05, 4.69) is 35.0 Å². The summed E-state index contributed by atoms with van der Waals surface area (Å²) in [6, 6.07) is 4.69. The maximum atomic E-state index is 14.0. The molecule has 0 aliphatic carbocycles. The van der Waals surface area contributed by atoms with E-state index < -0.39 is 67.0 Å². The van der Waals surface area contributed by atoms with Crippen LogP contribution < -0.4 is 21.3 Å². The van der Waals surface area contributed by atoms with E-state index in [0.717, 1.165) is 24.5 Å². The summed E-state index contributed by atoms with van der Waals surface area (Å²) in [5.74, 6) is -0.0548. The zero-order chi connectivity index (χ0) is 35.4. The molecule has 1 unspecified atom stereocenters. The Hall–Kier alpha value is -4.19. The van der Waals surface area contributed by atoms with Gasteiger partial charge >= 0.3 is 12.4 Å². The smallest absolute Gasteiger partial charge is 0.379 e. The second kappa shape index (κ2) is 14.5. The van der Waals surface area contributed by atoms with Gasteiger partial charge in [-0.2, -0.15) is 31.4 Å². The highest BCUT2D eigenvalue weighted by atomic mass is 28.3. The summed E-state index contributed by atoms with van der Waals surface area (Å²) in [5, 5.41) is 6.48. The van der Waals surface area contributed by atoms with Gasteiger partial charge in [0.05, 0.1) is 23.0 Å². The van der Waals surface area contributed by atoms with Crippen molar-refractivity contribution in [2.45, 2.75) is 64.3 Å². The Morgan fingerprint density at radius 2 is 1.67 bits per heavy atom. The third-order valence-corrected chi connectivity index (χ3v) is 9.31. The summed E-state index contributed by atoms with van der Waals surface area (Å²) in [6.45, 7) is 8.66. The lowest BCUT2D eigenvalue weighted by Crippen LogP contribution is -2.49. The van der Waals surface area contributed by atoms with Crippen molar-refractivity contribution >= 4 is 25.5 Å². The van der Waals surface area contributed by atoms with Gasteiger partial charge in [0.1, 0.15) is 18.1 Å². The SMILES string of the molecule is CC(Cn1cc(C(=O)N2CCN(c3ccc(C(F)(F)F)cn3)CC2)ccc1=O)Nc1cnn(COCC[Si](C)(C)C)c(=O)c1C(F)(F)F. The van der Waals surface area contributed by atoms with Gasteiger partial charge in [0.15, 0.2) is 0 Å². The molecule has 0 aromatic carbocycles. The number of hydrogen-bond donors (Lipinski definition) is 1. The Morgan fingerprint density at radius 3 is 2.25 bits per heavy atom. The first-order valence-electron chi connectivity index (χ1n) is 15.1. The summed E-state index contributed by atoms with van der Waals surface area (Å²) in [6.07, 6.45) is -6.54. The maximum Gasteiger partial charge on any atom is 0.423 e. The van der Waals surface area contributed by atoms with E-state index in [0.29, 0.717) is 23.6 Å². The molecule has 1 aliphatic heterocycles. The van der Waals surface area contributed by atoms with E-state index >= 15 is 0 Å². The molecule has 262 valence electrons. The van der Waals surface area contributed by atoms with E-state index in [4.69, 9.17) is 4.74 Å². The molecule has 1 amide bonds. The van der Waals surface area contributed by atoms with Crippen LogP contribution in [-0.2, 0) is 30.4 Å². The summed E-state index contributed by atoms with van der Waals surface area (Å²) in [7, 11) is -1.45. The predicted octanol–water partition coefficient (Wildman–Crippen LogP) is 4.61. The van der Waals surface area contributed by atoms with Crippen LogP contribution in [0.5, 0.6) is 0 Å². The molecule has 0 spiro atoms. The molecule has 1 N–H and O–H groups in total. The largest absolute Gasteiger partial charge is 0.423 e. The summed E-state index contributed by atoms with van der Waals surface area (Å²) >= 11 is 0. The molecule has 4 rings (SSSR count). The predicted molar refractivity (Wildman–Crippen MR) is 169 cm³/mol. The van der Waals surface area contributed by atoms with Crippen molar-refractivity contribution in [3.05, 3.63) is 80.3 Å². The second-order valence-corrected chi connectivity index (χ2v) is 18.3. The molecule has 48 heavy (non-hydrogen) atoms. The molecule has 3 aromatic heterocycles. The van der Waals surface area contributed by atoms with E-state index in [1.807, 2.05) is 0 Å². The molecule has 1 aliphatic rings. The van der Waals surface area contributed by atoms with Crippen LogP contribution in [0.15, 0.2) is 52.4 Å². The lowest BCUT2D eigenvalue weighted by atomic mass is 10.2. The summed E-state index contributed by atoms with van der Waals surface area (Å²) in [5.41, 5.74) is -4.57. The van der Waals surface area contributed by atoms with E-state index in [1.165, 1.54) is 40.8 Å². The van der Waals surface area contributed by atoms with Crippen LogP contribution in [0.1, 0.15) is 28.4 Å². The fraction of sp³-hybridized carbons (Fsp3) is 0.500. The Kier molecular flexibility index (Phi) is 11.1. The number of hydrogen-bond acceptors (Lipinski definition) is 8. The number of nitrogens with one attached hydrogen (secondary N) is 1. The van der Waals surface area contributed by atoms with Crippen molar-refractivity contribution in [1.29, 1.82) is 0 Å². The quantitative estimate of drug-likeness (QED) is 0.175. The molecule has 0 bridgehead atoms. The molecular weight excluding hydrogens is 664 g/mol. The molecule has 3 aromatic rings. The number of anilines is 2. The lowest BCUT2D eigenvalue weighted by molar-refractivity contribution is -0.139. The van der Waals surface area contributed by atoms with Gasteiger partial charge in [0.2, 0.25) is 0 Å². The van der Waals surface area contributed by atoms with Crippen molar-refractivity contribution < 1.29 is 35.9 Å². The summed E-state index contributed by atoms with van der Waals surface area (Å²) < 4.78 is 87.8. The number of ether oxygens (including phenoxy) is 1. The molecule has 4 heterocycles. The monoisotopic (exact) mass is 701 g/mol. The van der Waals surface area contributed by atoms with Crippen LogP contribution in [0, 0.1) is 0 Å². The normalized spacial score (nSPS) is 15.0. The Bertz CT molecular complexity index is 1700. The Labute approximate surface area is 273 Å². The number of pyridine rings is 2. The van der Waals surface area contributed by atoms with Gasteiger partial charge in [-0.15, -0.1) is 0 Å². The highest BCUT2D eigenvalue weighted by Gasteiger charge is 2.38. The Balaban J connectivity index is 1.41. The van der Waals surface area contributed by atoms with Gasteiger partial charge in [0, 0.05) is 71.9 Å². The molecule has 11 nitrogen and oxygen atoms in total. The third-order valence-electron chi connectivity index (χ3n) is 7.61. The molecule has 18 heteroatoms. The van der Waals surface area contributed by atoms with E-state index in [9.17, 15) is 40.7 Å². The average Bonchev–Trinajstić information content (AvgIpc) is 2.99. The van der Waals surface area contributed by atoms with Crippen molar-refractivity contribution in [2.24, 2.45) is 0 Å². The first kappa shape index (κ1) is 36.6. The number of carbonyl (C=O) groups is 1. The number of rotatable bonds is 11. The molecule has 1 saturated heterocycles. The number of halogens is 6. The zero-order valence-corrected chi connectivity index (χ0v) is 27.9. The van der Waals surface area contributed by atoms with Crippen LogP contribution in [0.2, 0.25) is 25.7 Å². The number of carbonyl (C=O) groups excluding carboxylic acids is 1. The Morgan fingerprint density at radius 1 is 0.979 bits per heavy atom. The number of amides is 1. The first-order valence-corrected chi connectivity index (χ1v) is 18.8. The lowest BCUT2D eigenvalue weighted by Gasteiger charge is -2.35. The average molecular weight is 702 g/mol. The van der Waals surface area contributed by atoms with Gasteiger partial charge in [0.25, 0.3) is 17.0 Å². The summed E-state index contributed by atoms with van der Waals surface area (Å²) in [4.78, 5) is 45.8. The highest BCUT2D eigenvalue weighted by molar-refractivity contribution is 6.76. The van der Waals surface area contributed by atoms with E-state index in [1.54, 1.807) is 4.90 Å². The number of piperazine rings is 1. The molecule has 0 radical (unpaired) electrons. The zero-order valence-electron chi connectivity index (χ0n) is 26.9. The molecule has 1 fully saturated rings. The molecule has 1 atom stereocenters. The van der Waals surface area contributed by atoms with Crippen LogP contribution in [0.4, 0.5) is 37.8 Å². The molecular formula is C30H37F6N7O4Si. The third kappa shape index (κ3) is 9.46. The van der Waals surface area contributed by atoms with E-state index in [-0.39, 0.29) is 31.8 Å². The fourth-order valence-corrected chi connectivity index (χ4v) is 5.72. The van der Waals surface area contributed by atoms with Crippen LogP contribution in [0.25, 0.3) is 0 Å². The second-order valence-electron chi connectivity index (χ2n) is 12.7. The van der Waals surface area contributed by atoms with Crippen LogP contribution >= 0.6 is 0 Å². The number of aromatic nitrogens is 4.